The lowest BCUT2D eigenvalue weighted by molar-refractivity contribution is -0.135. The Bertz CT molecular complexity index is 179. The summed E-state index contributed by atoms with van der Waals surface area (Å²) in [6.45, 7) is 3.73. The zero-order valence-electron chi connectivity index (χ0n) is 7.41. The molecule has 2 amide bonds. The summed E-state index contributed by atoms with van der Waals surface area (Å²) >= 11 is 0. The van der Waals surface area contributed by atoms with Crippen LogP contribution in [-0.2, 0) is 9.59 Å². The highest BCUT2D eigenvalue weighted by molar-refractivity contribution is 5.86. The van der Waals surface area contributed by atoms with E-state index in [1.54, 1.807) is 13.8 Å². The van der Waals surface area contributed by atoms with Crippen LogP contribution in [0.25, 0.3) is 0 Å². The molecule has 0 aliphatic rings. The van der Waals surface area contributed by atoms with Crippen molar-refractivity contribution in [1.29, 1.82) is 0 Å². The summed E-state index contributed by atoms with van der Waals surface area (Å²) in [4.78, 5) is 23.0. The second kappa shape index (κ2) is 4.71. The molecule has 1 atom stereocenters. The largest absolute Gasteiger partial charge is 0.368 e. The van der Waals surface area contributed by atoms with Crippen molar-refractivity contribution in [2.24, 2.45) is 11.5 Å². The number of nitrogens with two attached hydrogens (primary N) is 2. The van der Waals surface area contributed by atoms with E-state index in [2.05, 4.69) is 0 Å². The minimum Gasteiger partial charge on any atom is -0.368 e. The molecular formula is C7H15N3O2. The fourth-order valence-electron chi connectivity index (χ4n) is 0.822. The van der Waals surface area contributed by atoms with Crippen molar-refractivity contribution in [3.8, 4) is 0 Å². The molecule has 0 saturated carbocycles. The molecule has 0 aromatic carbocycles. The molecule has 0 aliphatic heterocycles. The lowest BCUT2D eigenvalue weighted by atomic mass is 10.3. The van der Waals surface area contributed by atoms with Crippen LogP contribution >= 0.6 is 0 Å². The summed E-state index contributed by atoms with van der Waals surface area (Å²) in [6.07, 6.45) is 0. The quantitative estimate of drug-likeness (QED) is 0.551. The Labute approximate surface area is 71.7 Å². The molecule has 0 heterocycles. The molecule has 12 heavy (non-hydrogen) atoms. The Morgan fingerprint density at radius 3 is 2.25 bits per heavy atom. The van der Waals surface area contributed by atoms with E-state index >= 15 is 0 Å². The summed E-state index contributed by atoms with van der Waals surface area (Å²) in [6, 6.07) is -0.579. The molecule has 0 spiro atoms. The van der Waals surface area contributed by atoms with Gasteiger partial charge in [-0.1, -0.05) is 0 Å². The van der Waals surface area contributed by atoms with Gasteiger partial charge in [-0.3, -0.25) is 9.59 Å². The van der Waals surface area contributed by atoms with E-state index < -0.39 is 11.9 Å². The Hall–Kier alpha value is -1.10. The molecule has 5 nitrogen and oxygen atoms in total. The number of rotatable bonds is 4. The van der Waals surface area contributed by atoms with Gasteiger partial charge in [-0.25, -0.2) is 0 Å². The van der Waals surface area contributed by atoms with Gasteiger partial charge in [0.25, 0.3) is 0 Å². The highest BCUT2D eigenvalue weighted by atomic mass is 16.2. The van der Waals surface area contributed by atoms with Gasteiger partial charge in [0, 0.05) is 6.54 Å². The Morgan fingerprint density at radius 1 is 1.50 bits per heavy atom. The number of amides is 2. The zero-order chi connectivity index (χ0) is 9.72. The molecule has 0 fully saturated rings. The minimum atomic E-state index is -0.579. The van der Waals surface area contributed by atoms with Crippen LogP contribution in [0, 0.1) is 0 Å². The monoisotopic (exact) mass is 173 g/mol. The van der Waals surface area contributed by atoms with Crippen LogP contribution in [-0.4, -0.2) is 35.8 Å². The Morgan fingerprint density at radius 2 is 2.00 bits per heavy atom. The van der Waals surface area contributed by atoms with Gasteiger partial charge < -0.3 is 16.4 Å². The average molecular weight is 173 g/mol. The average Bonchev–Trinajstić information content (AvgIpc) is 1.98. The third kappa shape index (κ3) is 3.34. The number of primary amides is 1. The summed E-state index contributed by atoms with van der Waals surface area (Å²) < 4.78 is 0. The summed E-state index contributed by atoms with van der Waals surface area (Å²) in [5, 5.41) is 0. The van der Waals surface area contributed by atoms with Gasteiger partial charge in [-0.05, 0) is 13.8 Å². The van der Waals surface area contributed by atoms with E-state index in [9.17, 15) is 9.59 Å². The first-order valence-electron chi connectivity index (χ1n) is 3.81. The highest BCUT2D eigenvalue weighted by Crippen LogP contribution is 1.91. The van der Waals surface area contributed by atoms with Gasteiger partial charge in [0.1, 0.15) is 0 Å². The molecule has 70 valence electrons. The molecular weight excluding hydrogens is 158 g/mol. The first-order chi connectivity index (χ1) is 5.49. The molecule has 0 rings (SSSR count). The van der Waals surface area contributed by atoms with Crippen LogP contribution in [0.15, 0.2) is 0 Å². The van der Waals surface area contributed by atoms with E-state index in [0.29, 0.717) is 6.54 Å². The van der Waals surface area contributed by atoms with Gasteiger partial charge >= 0.3 is 0 Å². The van der Waals surface area contributed by atoms with Crippen LogP contribution in [0.4, 0.5) is 0 Å². The maximum absolute atomic E-state index is 11.2. The molecule has 4 N–H and O–H groups in total. The van der Waals surface area contributed by atoms with Crippen molar-refractivity contribution in [1.82, 2.24) is 4.90 Å². The molecule has 0 aromatic heterocycles. The fourth-order valence-corrected chi connectivity index (χ4v) is 0.822. The zero-order valence-corrected chi connectivity index (χ0v) is 7.41. The van der Waals surface area contributed by atoms with Crippen LogP contribution in [0.3, 0.4) is 0 Å². The number of hydrogen-bond acceptors (Lipinski definition) is 3. The van der Waals surface area contributed by atoms with Crippen LogP contribution in [0.2, 0.25) is 0 Å². The number of nitrogens with zero attached hydrogens (tertiary/aromatic N) is 1. The van der Waals surface area contributed by atoms with E-state index in [1.165, 1.54) is 4.90 Å². The molecule has 5 heteroatoms. The molecule has 0 unspecified atom stereocenters. The highest BCUT2D eigenvalue weighted by Gasteiger charge is 2.16. The molecule has 0 aromatic rings. The van der Waals surface area contributed by atoms with E-state index in [-0.39, 0.29) is 12.5 Å². The van der Waals surface area contributed by atoms with Gasteiger partial charge in [0.05, 0.1) is 12.6 Å². The van der Waals surface area contributed by atoms with Crippen molar-refractivity contribution < 1.29 is 9.59 Å². The summed E-state index contributed by atoms with van der Waals surface area (Å²) in [5.41, 5.74) is 10.3. The predicted molar refractivity (Wildman–Crippen MR) is 45.1 cm³/mol. The third-order valence-electron chi connectivity index (χ3n) is 1.43. The number of carbonyl (C=O) groups is 2. The van der Waals surface area contributed by atoms with Gasteiger partial charge in [-0.15, -0.1) is 0 Å². The van der Waals surface area contributed by atoms with Gasteiger partial charge in [0.15, 0.2) is 0 Å². The topological polar surface area (TPSA) is 89.4 Å². The molecule has 0 aliphatic carbocycles. The van der Waals surface area contributed by atoms with Crippen molar-refractivity contribution in [3.05, 3.63) is 0 Å². The predicted octanol–water partition coefficient (Wildman–Crippen LogP) is -1.33. The summed E-state index contributed by atoms with van der Waals surface area (Å²) in [5.74, 6) is -0.776. The first-order valence-corrected chi connectivity index (χ1v) is 3.81. The van der Waals surface area contributed by atoms with Crippen molar-refractivity contribution >= 4 is 11.8 Å². The minimum absolute atomic E-state index is 0.0587. The smallest absolute Gasteiger partial charge is 0.239 e. The van der Waals surface area contributed by atoms with Crippen molar-refractivity contribution in [2.45, 2.75) is 19.9 Å². The first kappa shape index (κ1) is 10.9. The third-order valence-corrected chi connectivity index (χ3v) is 1.43. The van der Waals surface area contributed by atoms with E-state index in [0.717, 1.165) is 0 Å². The maximum Gasteiger partial charge on any atom is 0.239 e. The molecule has 0 radical (unpaired) electrons. The second-order valence-corrected chi connectivity index (χ2v) is 2.61. The SMILES string of the molecule is CCN(CC(N)=O)C(=O)[C@@H](C)N. The van der Waals surface area contributed by atoms with Crippen molar-refractivity contribution in [3.63, 3.8) is 0 Å². The number of hydrogen-bond donors (Lipinski definition) is 2. The standard InChI is InChI=1S/C7H15N3O2/c1-3-10(4-6(9)11)7(12)5(2)8/h5H,3-4,8H2,1-2H3,(H2,9,11)/t5-/m1/s1. The fraction of sp³-hybridized carbons (Fsp3) is 0.714. The Kier molecular flexibility index (Phi) is 4.28. The van der Waals surface area contributed by atoms with Crippen LogP contribution in [0.1, 0.15) is 13.8 Å². The maximum atomic E-state index is 11.2. The lowest BCUT2D eigenvalue weighted by Crippen LogP contribution is -2.45. The molecule has 0 saturated heterocycles. The lowest BCUT2D eigenvalue weighted by Gasteiger charge is -2.20. The van der Waals surface area contributed by atoms with Crippen LogP contribution < -0.4 is 11.5 Å². The normalized spacial score (nSPS) is 12.2. The van der Waals surface area contributed by atoms with E-state index in [4.69, 9.17) is 11.5 Å². The summed E-state index contributed by atoms with van der Waals surface area (Å²) in [7, 11) is 0. The van der Waals surface area contributed by atoms with Gasteiger partial charge in [0.2, 0.25) is 11.8 Å². The number of carbonyl (C=O) groups excluding carboxylic acids is 2. The second-order valence-electron chi connectivity index (χ2n) is 2.61. The Balaban J connectivity index is 4.15. The molecule has 0 bridgehead atoms. The number of likely N-dealkylation sites (N-methyl/N-ethyl adjacent to an activating group) is 1. The van der Waals surface area contributed by atoms with E-state index in [1.807, 2.05) is 0 Å². The van der Waals surface area contributed by atoms with Gasteiger partial charge in [-0.2, -0.15) is 0 Å². The van der Waals surface area contributed by atoms with Crippen molar-refractivity contribution in [2.75, 3.05) is 13.1 Å². The van der Waals surface area contributed by atoms with Crippen LogP contribution in [0.5, 0.6) is 0 Å².